The van der Waals surface area contributed by atoms with E-state index in [1.54, 1.807) is 0 Å². The minimum Gasteiger partial charge on any atom is -0.378 e. The molecule has 0 bridgehead atoms. The molecule has 1 aromatic heterocycles. The van der Waals surface area contributed by atoms with Gasteiger partial charge < -0.3 is 19.1 Å². The van der Waals surface area contributed by atoms with Crippen molar-refractivity contribution in [1.29, 1.82) is 0 Å². The van der Waals surface area contributed by atoms with Gasteiger partial charge in [-0.25, -0.2) is 4.79 Å². The van der Waals surface area contributed by atoms with Gasteiger partial charge in [-0.15, -0.1) is 0 Å². The number of carbonyl (C=O) groups is 1. The zero-order valence-corrected chi connectivity index (χ0v) is 12.6. The SMILES string of the molecule is CC(C)c1noc([C@H]2CCCN2C(=O)N2CCOCC2)n1. The molecule has 0 saturated carbocycles. The molecule has 1 atom stereocenters. The molecule has 0 N–H and O–H groups in total. The molecular weight excluding hydrogens is 272 g/mol. The van der Waals surface area contributed by atoms with Crippen molar-refractivity contribution in [2.45, 2.75) is 38.6 Å². The van der Waals surface area contributed by atoms with Crippen LogP contribution in [0.1, 0.15) is 50.4 Å². The number of likely N-dealkylation sites (tertiary alicyclic amines) is 1. The third kappa shape index (κ3) is 2.88. The van der Waals surface area contributed by atoms with Crippen LogP contribution < -0.4 is 0 Å². The van der Waals surface area contributed by atoms with E-state index in [4.69, 9.17) is 9.26 Å². The first-order chi connectivity index (χ1) is 10.2. The van der Waals surface area contributed by atoms with Crippen molar-refractivity contribution < 1.29 is 14.1 Å². The number of urea groups is 1. The van der Waals surface area contributed by atoms with Crippen molar-refractivity contribution in [3.05, 3.63) is 11.7 Å². The van der Waals surface area contributed by atoms with Gasteiger partial charge in [0.1, 0.15) is 6.04 Å². The molecule has 2 fully saturated rings. The van der Waals surface area contributed by atoms with Crippen LogP contribution >= 0.6 is 0 Å². The summed E-state index contributed by atoms with van der Waals surface area (Å²) in [5, 5.41) is 4.01. The molecule has 0 aromatic carbocycles. The fraction of sp³-hybridized carbons (Fsp3) is 0.786. The maximum Gasteiger partial charge on any atom is 0.320 e. The van der Waals surface area contributed by atoms with Crippen LogP contribution in [0.5, 0.6) is 0 Å². The molecule has 3 heterocycles. The molecule has 2 saturated heterocycles. The topological polar surface area (TPSA) is 71.7 Å². The van der Waals surface area contributed by atoms with E-state index in [1.165, 1.54) is 0 Å². The smallest absolute Gasteiger partial charge is 0.320 e. The number of hydrogen-bond acceptors (Lipinski definition) is 5. The Kier molecular flexibility index (Phi) is 4.10. The molecule has 0 unspecified atom stereocenters. The van der Waals surface area contributed by atoms with E-state index in [1.807, 2.05) is 23.6 Å². The number of carbonyl (C=O) groups excluding carboxylic acids is 1. The predicted octanol–water partition coefficient (Wildman–Crippen LogP) is 1.78. The second-order valence-corrected chi connectivity index (χ2v) is 5.88. The Bertz CT molecular complexity index is 496. The first-order valence-corrected chi connectivity index (χ1v) is 7.63. The molecule has 2 aliphatic heterocycles. The first-order valence-electron chi connectivity index (χ1n) is 7.63. The minimum absolute atomic E-state index is 0.0603. The number of rotatable bonds is 2. The van der Waals surface area contributed by atoms with Crippen LogP contribution in [0, 0.1) is 0 Å². The summed E-state index contributed by atoms with van der Waals surface area (Å²) >= 11 is 0. The molecule has 7 heteroatoms. The fourth-order valence-electron chi connectivity index (χ4n) is 2.81. The molecule has 2 amide bonds. The maximum atomic E-state index is 12.6. The molecule has 3 rings (SSSR count). The normalized spacial score (nSPS) is 23.1. The minimum atomic E-state index is -0.0830. The summed E-state index contributed by atoms with van der Waals surface area (Å²) in [5.41, 5.74) is 0. The van der Waals surface area contributed by atoms with E-state index in [9.17, 15) is 4.79 Å². The van der Waals surface area contributed by atoms with Gasteiger partial charge in [0.2, 0.25) is 5.89 Å². The first kappa shape index (κ1) is 14.3. The van der Waals surface area contributed by atoms with Gasteiger partial charge in [0.25, 0.3) is 0 Å². The van der Waals surface area contributed by atoms with Crippen molar-refractivity contribution in [1.82, 2.24) is 19.9 Å². The van der Waals surface area contributed by atoms with Crippen LogP contribution in [0.4, 0.5) is 4.79 Å². The second-order valence-electron chi connectivity index (χ2n) is 5.88. The molecule has 116 valence electrons. The maximum absolute atomic E-state index is 12.6. The number of aromatic nitrogens is 2. The van der Waals surface area contributed by atoms with Crippen LogP contribution in [0.15, 0.2) is 4.52 Å². The van der Waals surface area contributed by atoms with Gasteiger partial charge in [0.05, 0.1) is 13.2 Å². The number of hydrogen-bond donors (Lipinski definition) is 0. The monoisotopic (exact) mass is 294 g/mol. The van der Waals surface area contributed by atoms with Gasteiger partial charge in [0.15, 0.2) is 5.82 Å². The van der Waals surface area contributed by atoms with E-state index in [0.29, 0.717) is 38.0 Å². The van der Waals surface area contributed by atoms with E-state index in [0.717, 1.165) is 19.4 Å². The molecule has 7 nitrogen and oxygen atoms in total. The number of nitrogens with zero attached hydrogens (tertiary/aromatic N) is 4. The molecule has 21 heavy (non-hydrogen) atoms. The molecular formula is C14H22N4O3. The highest BCUT2D eigenvalue weighted by atomic mass is 16.5. The molecule has 2 aliphatic rings. The highest BCUT2D eigenvalue weighted by molar-refractivity contribution is 5.75. The molecule has 0 radical (unpaired) electrons. The lowest BCUT2D eigenvalue weighted by Crippen LogP contribution is -2.47. The number of amides is 2. The van der Waals surface area contributed by atoms with E-state index >= 15 is 0 Å². The largest absolute Gasteiger partial charge is 0.378 e. The fourth-order valence-corrected chi connectivity index (χ4v) is 2.81. The van der Waals surface area contributed by atoms with Crippen LogP contribution in [0.25, 0.3) is 0 Å². The van der Waals surface area contributed by atoms with Crippen molar-refractivity contribution >= 4 is 6.03 Å². The zero-order chi connectivity index (χ0) is 14.8. The zero-order valence-electron chi connectivity index (χ0n) is 12.6. The van der Waals surface area contributed by atoms with Gasteiger partial charge in [-0.2, -0.15) is 4.98 Å². The van der Waals surface area contributed by atoms with E-state index in [2.05, 4.69) is 10.1 Å². The summed E-state index contributed by atoms with van der Waals surface area (Å²) in [6.07, 6.45) is 1.86. The average molecular weight is 294 g/mol. The average Bonchev–Trinajstić information content (AvgIpc) is 3.16. The van der Waals surface area contributed by atoms with Gasteiger partial charge in [-0.3, -0.25) is 0 Å². The molecule has 0 spiro atoms. The van der Waals surface area contributed by atoms with Gasteiger partial charge in [-0.1, -0.05) is 19.0 Å². The summed E-state index contributed by atoms with van der Waals surface area (Å²) in [5.74, 6) is 1.50. The second kappa shape index (κ2) is 6.01. The summed E-state index contributed by atoms with van der Waals surface area (Å²) in [6, 6.07) is -0.0227. The van der Waals surface area contributed by atoms with E-state index in [-0.39, 0.29) is 18.0 Å². The highest BCUT2D eigenvalue weighted by Crippen LogP contribution is 2.32. The summed E-state index contributed by atoms with van der Waals surface area (Å²) in [7, 11) is 0. The predicted molar refractivity (Wildman–Crippen MR) is 74.9 cm³/mol. The summed E-state index contributed by atoms with van der Waals surface area (Å²) in [4.78, 5) is 20.8. The summed E-state index contributed by atoms with van der Waals surface area (Å²) in [6.45, 7) is 7.34. The van der Waals surface area contributed by atoms with Crippen molar-refractivity contribution in [2.24, 2.45) is 0 Å². The molecule has 1 aromatic rings. The number of ether oxygens (including phenoxy) is 1. The lowest BCUT2D eigenvalue weighted by molar-refractivity contribution is 0.0410. The van der Waals surface area contributed by atoms with Gasteiger partial charge >= 0.3 is 6.03 Å². The Balaban J connectivity index is 1.73. The van der Waals surface area contributed by atoms with Crippen LogP contribution in [-0.2, 0) is 4.74 Å². The van der Waals surface area contributed by atoms with Crippen molar-refractivity contribution in [2.75, 3.05) is 32.8 Å². The Morgan fingerprint density at radius 2 is 2.05 bits per heavy atom. The standard InChI is InChI=1S/C14H22N4O3/c1-10(2)12-15-13(21-16-12)11-4-3-5-18(11)14(19)17-6-8-20-9-7-17/h10-11H,3-9H2,1-2H3/t11-/m1/s1. The Morgan fingerprint density at radius 3 is 2.71 bits per heavy atom. The lowest BCUT2D eigenvalue weighted by atomic mass is 10.2. The van der Waals surface area contributed by atoms with Gasteiger partial charge in [-0.05, 0) is 12.8 Å². The third-order valence-electron chi connectivity index (χ3n) is 4.04. The number of morpholine rings is 1. The Hall–Kier alpha value is -1.63. The van der Waals surface area contributed by atoms with Crippen LogP contribution in [-0.4, -0.2) is 58.8 Å². The van der Waals surface area contributed by atoms with Gasteiger partial charge in [0, 0.05) is 25.6 Å². The van der Waals surface area contributed by atoms with Crippen LogP contribution in [0.2, 0.25) is 0 Å². The van der Waals surface area contributed by atoms with Crippen molar-refractivity contribution in [3.63, 3.8) is 0 Å². The highest BCUT2D eigenvalue weighted by Gasteiger charge is 2.36. The Labute approximate surface area is 124 Å². The third-order valence-corrected chi connectivity index (χ3v) is 4.04. The quantitative estimate of drug-likeness (QED) is 0.831. The van der Waals surface area contributed by atoms with E-state index < -0.39 is 0 Å². The van der Waals surface area contributed by atoms with Crippen molar-refractivity contribution in [3.8, 4) is 0 Å². The molecule has 0 aliphatic carbocycles. The Morgan fingerprint density at radius 1 is 1.29 bits per heavy atom. The lowest BCUT2D eigenvalue weighted by Gasteiger charge is -2.32. The van der Waals surface area contributed by atoms with Crippen LogP contribution in [0.3, 0.4) is 0 Å². The summed E-state index contributed by atoms with van der Waals surface area (Å²) < 4.78 is 10.7.